The number of carboxylic acids is 1. The molecule has 1 fully saturated rings. The number of carbonyl (C=O) groups excluding carboxylic acids is 2. The average molecular weight is 357 g/mol. The molecule has 136 valence electrons. The first-order chi connectivity index (χ1) is 12.5. The van der Waals surface area contributed by atoms with E-state index in [1.807, 2.05) is 0 Å². The number of carbonyl (C=O) groups is 3. The van der Waals surface area contributed by atoms with Crippen LogP contribution in [0.2, 0.25) is 0 Å². The molecule has 2 heterocycles. The molecule has 1 saturated heterocycles. The lowest BCUT2D eigenvalue weighted by molar-refractivity contribution is -0.145. The largest absolute Gasteiger partial charge is 0.481 e. The molecule has 0 unspecified atom stereocenters. The monoisotopic (exact) mass is 357 g/mol. The Labute approximate surface area is 148 Å². The number of aromatic nitrogens is 1. The summed E-state index contributed by atoms with van der Waals surface area (Å²) in [4.78, 5) is 52.2. The number of H-pyrrole nitrogens is 1. The second kappa shape index (κ2) is 7.38. The summed E-state index contributed by atoms with van der Waals surface area (Å²) in [5.74, 6) is -2.18. The second-order valence-corrected chi connectivity index (χ2v) is 6.25. The van der Waals surface area contributed by atoms with Crippen molar-refractivity contribution in [2.75, 3.05) is 19.6 Å². The van der Waals surface area contributed by atoms with Crippen LogP contribution in [0.3, 0.4) is 0 Å². The van der Waals surface area contributed by atoms with Gasteiger partial charge in [-0.3, -0.25) is 19.2 Å². The minimum absolute atomic E-state index is 0.0546. The summed E-state index contributed by atoms with van der Waals surface area (Å²) in [6.45, 7) is 0.466. The van der Waals surface area contributed by atoms with Gasteiger partial charge in [0.05, 0.1) is 12.5 Å². The molecule has 3 rings (SSSR count). The summed E-state index contributed by atoms with van der Waals surface area (Å²) >= 11 is 0. The molecule has 1 aromatic heterocycles. The molecule has 3 N–H and O–H groups in total. The van der Waals surface area contributed by atoms with Crippen molar-refractivity contribution in [3.05, 3.63) is 46.2 Å². The van der Waals surface area contributed by atoms with E-state index in [0.29, 0.717) is 36.8 Å². The molecule has 0 radical (unpaired) electrons. The number of hydrogen-bond donors (Lipinski definition) is 3. The summed E-state index contributed by atoms with van der Waals surface area (Å²) in [5, 5.41) is 11.8. The molecule has 2 aromatic rings. The zero-order valence-corrected chi connectivity index (χ0v) is 14.0. The van der Waals surface area contributed by atoms with E-state index in [1.165, 1.54) is 11.1 Å². The fourth-order valence-electron chi connectivity index (χ4n) is 3.07. The number of piperidine rings is 1. The third-order valence-corrected chi connectivity index (χ3v) is 4.63. The Kier molecular flexibility index (Phi) is 5.01. The fraction of sp³-hybridized carbons (Fsp3) is 0.333. The van der Waals surface area contributed by atoms with Gasteiger partial charge in [-0.25, -0.2) is 0 Å². The summed E-state index contributed by atoms with van der Waals surface area (Å²) in [5.41, 5.74) is 0.180. The summed E-state index contributed by atoms with van der Waals surface area (Å²) in [6, 6.07) is 6.86. The lowest BCUT2D eigenvalue weighted by Crippen LogP contribution is -2.45. The highest BCUT2D eigenvalue weighted by Crippen LogP contribution is 2.17. The Morgan fingerprint density at radius 2 is 1.88 bits per heavy atom. The maximum atomic E-state index is 12.4. The van der Waals surface area contributed by atoms with E-state index in [2.05, 4.69) is 10.3 Å². The Bertz CT molecular complexity index is 912. The highest BCUT2D eigenvalue weighted by molar-refractivity contribution is 5.98. The van der Waals surface area contributed by atoms with Crippen LogP contribution in [-0.2, 0) is 9.59 Å². The average Bonchev–Trinajstić information content (AvgIpc) is 2.66. The number of carboxylic acid groups (broad SMARTS) is 1. The predicted octanol–water partition coefficient (Wildman–Crippen LogP) is 0.581. The van der Waals surface area contributed by atoms with Gasteiger partial charge < -0.3 is 20.3 Å². The number of fused-ring (bicyclic) bond motifs is 1. The zero-order chi connectivity index (χ0) is 18.7. The van der Waals surface area contributed by atoms with Crippen LogP contribution < -0.4 is 10.7 Å². The third kappa shape index (κ3) is 3.58. The van der Waals surface area contributed by atoms with Gasteiger partial charge in [0.25, 0.3) is 5.91 Å². The van der Waals surface area contributed by atoms with Crippen molar-refractivity contribution in [3.8, 4) is 0 Å². The van der Waals surface area contributed by atoms with Crippen molar-refractivity contribution < 1.29 is 19.5 Å². The molecule has 1 aromatic carbocycles. The predicted molar refractivity (Wildman–Crippen MR) is 93.8 cm³/mol. The number of aliphatic carboxylic acids is 1. The van der Waals surface area contributed by atoms with Gasteiger partial charge in [-0.05, 0) is 25.0 Å². The lowest BCUT2D eigenvalue weighted by atomic mass is 9.97. The van der Waals surface area contributed by atoms with Crippen molar-refractivity contribution in [2.45, 2.75) is 12.8 Å². The molecule has 0 aliphatic carbocycles. The number of pyridine rings is 1. The molecule has 0 atom stereocenters. The van der Waals surface area contributed by atoms with Crippen LogP contribution in [0.15, 0.2) is 35.3 Å². The van der Waals surface area contributed by atoms with E-state index in [4.69, 9.17) is 5.11 Å². The van der Waals surface area contributed by atoms with Crippen molar-refractivity contribution >= 4 is 28.7 Å². The minimum Gasteiger partial charge on any atom is -0.481 e. The highest BCUT2D eigenvalue weighted by Gasteiger charge is 2.27. The quantitative estimate of drug-likeness (QED) is 0.739. The van der Waals surface area contributed by atoms with Crippen molar-refractivity contribution in [2.24, 2.45) is 5.92 Å². The molecular weight excluding hydrogens is 338 g/mol. The van der Waals surface area contributed by atoms with Gasteiger partial charge in [-0.15, -0.1) is 0 Å². The van der Waals surface area contributed by atoms with Gasteiger partial charge in [0, 0.05) is 30.2 Å². The zero-order valence-electron chi connectivity index (χ0n) is 14.0. The number of amides is 2. The van der Waals surface area contributed by atoms with Crippen molar-refractivity contribution in [3.63, 3.8) is 0 Å². The molecule has 2 amide bonds. The summed E-state index contributed by atoms with van der Waals surface area (Å²) < 4.78 is 0. The number of hydrogen-bond acceptors (Lipinski definition) is 4. The molecule has 0 bridgehead atoms. The topological polar surface area (TPSA) is 120 Å². The van der Waals surface area contributed by atoms with Crippen LogP contribution in [-0.4, -0.2) is 52.4 Å². The highest BCUT2D eigenvalue weighted by atomic mass is 16.4. The number of nitrogens with one attached hydrogen (secondary N) is 2. The second-order valence-electron chi connectivity index (χ2n) is 6.25. The first-order valence-electron chi connectivity index (χ1n) is 8.36. The third-order valence-electron chi connectivity index (χ3n) is 4.63. The van der Waals surface area contributed by atoms with E-state index in [0.717, 1.165) is 0 Å². The number of likely N-dealkylation sites (tertiary alicyclic amines) is 1. The van der Waals surface area contributed by atoms with Crippen LogP contribution in [0.5, 0.6) is 0 Å². The normalized spacial score (nSPS) is 15.0. The van der Waals surface area contributed by atoms with Gasteiger partial charge in [0.15, 0.2) is 0 Å². The van der Waals surface area contributed by atoms with E-state index < -0.39 is 23.2 Å². The standard InChI is InChI=1S/C18H19N3O5/c22-15(21-7-5-11(6-8-21)18(25)26)10-20-17(24)13-9-19-14-4-2-1-3-12(14)16(13)23/h1-4,9,11H,5-8,10H2,(H,19,23)(H,20,24)(H,25,26). The van der Waals surface area contributed by atoms with E-state index in [9.17, 15) is 19.2 Å². The molecule has 8 nitrogen and oxygen atoms in total. The van der Waals surface area contributed by atoms with Crippen LogP contribution in [0, 0.1) is 5.92 Å². The molecule has 26 heavy (non-hydrogen) atoms. The Morgan fingerprint density at radius 3 is 2.58 bits per heavy atom. The summed E-state index contributed by atoms with van der Waals surface area (Å²) in [6.07, 6.45) is 2.14. The van der Waals surface area contributed by atoms with Gasteiger partial charge in [0.2, 0.25) is 11.3 Å². The first kappa shape index (κ1) is 17.7. The molecule has 1 aliphatic heterocycles. The Hall–Kier alpha value is -3.16. The van der Waals surface area contributed by atoms with Gasteiger partial charge >= 0.3 is 5.97 Å². The van der Waals surface area contributed by atoms with E-state index in [-0.39, 0.29) is 18.0 Å². The van der Waals surface area contributed by atoms with Gasteiger partial charge in [0.1, 0.15) is 5.56 Å². The molecule has 0 spiro atoms. The van der Waals surface area contributed by atoms with E-state index in [1.54, 1.807) is 24.3 Å². The van der Waals surface area contributed by atoms with Crippen LogP contribution in [0.1, 0.15) is 23.2 Å². The number of aromatic amines is 1. The molecular formula is C18H19N3O5. The van der Waals surface area contributed by atoms with Gasteiger partial charge in [-0.1, -0.05) is 12.1 Å². The number of para-hydroxylation sites is 1. The Balaban J connectivity index is 1.61. The molecule has 1 aliphatic rings. The van der Waals surface area contributed by atoms with Crippen LogP contribution in [0.4, 0.5) is 0 Å². The van der Waals surface area contributed by atoms with Gasteiger partial charge in [-0.2, -0.15) is 0 Å². The SMILES string of the molecule is O=C(NCC(=O)N1CCC(C(=O)O)CC1)c1c[nH]c2ccccc2c1=O. The Morgan fingerprint density at radius 1 is 1.19 bits per heavy atom. The van der Waals surface area contributed by atoms with Crippen LogP contribution in [0.25, 0.3) is 10.9 Å². The maximum Gasteiger partial charge on any atom is 0.306 e. The first-order valence-corrected chi connectivity index (χ1v) is 8.36. The molecule has 0 saturated carbocycles. The smallest absolute Gasteiger partial charge is 0.306 e. The fourth-order valence-corrected chi connectivity index (χ4v) is 3.07. The van der Waals surface area contributed by atoms with Crippen molar-refractivity contribution in [1.82, 2.24) is 15.2 Å². The van der Waals surface area contributed by atoms with Crippen molar-refractivity contribution in [1.29, 1.82) is 0 Å². The van der Waals surface area contributed by atoms with E-state index >= 15 is 0 Å². The minimum atomic E-state index is -0.846. The lowest BCUT2D eigenvalue weighted by Gasteiger charge is -2.30. The molecule has 8 heteroatoms. The summed E-state index contributed by atoms with van der Waals surface area (Å²) in [7, 11) is 0. The number of nitrogens with zero attached hydrogens (tertiary/aromatic N) is 1. The van der Waals surface area contributed by atoms with Crippen LogP contribution >= 0.6 is 0 Å². The number of benzene rings is 1. The number of rotatable bonds is 4. The maximum absolute atomic E-state index is 12.4.